The number of benzene rings is 1. The van der Waals surface area contributed by atoms with Gasteiger partial charge in [0.1, 0.15) is 17.0 Å². The summed E-state index contributed by atoms with van der Waals surface area (Å²) < 4.78 is 55.2. The van der Waals surface area contributed by atoms with E-state index in [1.54, 1.807) is 29.8 Å². The van der Waals surface area contributed by atoms with Crippen molar-refractivity contribution < 1.29 is 26.7 Å². The van der Waals surface area contributed by atoms with Gasteiger partial charge in [-0.3, -0.25) is 14.5 Å². The lowest BCUT2D eigenvalue weighted by atomic mass is 10.0. The predicted octanol–water partition coefficient (Wildman–Crippen LogP) is 3.59. The molecule has 1 N–H and O–H groups in total. The summed E-state index contributed by atoms with van der Waals surface area (Å²) in [5.74, 6) is -0.481. The van der Waals surface area contributed by atoms with Gasteiger partial charge in [0.15, 0.2) is 9.84 Å². The molecule has 11 heteroatoms. The highest BCUT2D eigenvalue weighted by Crippen LogP contribution is 2.31. The molecule has 33 heavy (non-hydrogen) atoms. The lowest BCUT2D eigenvalue weighted by molar-refractivity contribution is -0.0498. The van der Waals surface area contributed by atoms with Crippen molar-refractivity contribution in [2.75, 3.05) is 11.5 Å². The number of halogens is 2. The first-order valence-electron chi connectivity index (χ1n) is 10.4. The summed E-state index contributed by atoms with van der Waals surface area (Å²) in [7, 11) is -3.17. The van der Waals surface area contributed by atoms with Crippen LogP contribution in [0.25, 0.3) is 22.3 Å². The number of pyridine rings is 1. The molecule has 0 spiro atoms. The van der Waals surface area contributed by atoms with Crippen LogP contribution in [0.2, 0.25) is 0 Å². The van der Waals surface area contributed by atoms with Crippen LogP contribution in [-0.4, -0.2) is 52.7 Å². The van der Waals surface area contributed by atoms with Gasteiger partial charge < -0.3 is 10.1 Å². The highest BCUT2D eigenvalue weighted by molar-refractivity contribution is 7.91. The Bertz CT molecular complexity index is 1320. The minimum atomic E-state index is -3.17. The SMILES string of the molecule is CC(C)n1nc(-c2cccc(OC(F)F)c2)c2ncc(C(=O)N[C@@]3(C)CCS(=O)(=O)C3)cc21. The van der Waals surface area contributed by atoms with Crippen molar-refractivity contribution in [3.05, 3.63) is 42.1 Å². The zero-order chi connectivity index (χ0) is 24.0. The molecular formula is C22H24F2N4O4S. The lowest BCUT2D eigenvalue weighted by Gasteiger charge is -2.23. The van der Waals surface area contributed by atoms with Crippen molar-refractivity contribution in [3.63, 3.8) is 0 Å². The van der Waals surface area contributed by atoms with Gasteiger partial charge in [0.2, 0.25) is 0 Å². The molecule has 0 bridgehead atoms. The van der Waals surface area contributed by atoms with Crippen LogP contribution in [0.5, 0.6) is 5.75 Å². The molecule has 1 atom stereocenters. The van der Waals surface area contributed by atoms with Gasteiger partial charge in [-0.05, 0) is 45.4 Å². The number of sulfone groups is 1. The standard InChI is InChI=1S/C22H24F2N4O4S/c1-13(2)28-17-10-15(20(29)26-22(3)7-8-33(30,31)12-22)11-25-19(17)18(27-28)14-5-4-6-16(9-14)32-21(23)24/h4-6,9-11,13,21H,7-8,12H2,1-3H3,(H,26,29)/t22-/m0/s1. The Kier molecular flexibility index (Phi) is 5.85. The first-order valence-corrected chi connectivity index (χ1v) is 12.2. The number of ether oxygens (including phenoxy) is 1. The molecule has 0 unspecified atom stereocenters. The fraction of sp³-hybridized carbons (Fsp3) is 0.409. The Morgan fingerprint density at radius 3 is 2.67 bits per heavy atom. The van der Waals surface area contributed by atoms with Crippen molar-refractivity contribution in [1.29, 1.82) is 0 Å². The molecular weight excluding hydrogens is 454 g/mol. The van der Waals surface area contributed by atoms with Gasteiger partial charge in [-0.15, -0.1) is 0 Å². The van der Waals surface area contributed by atoms with E-state index in [2.05, 4.69) is 20.1 Å². The average molecular weight is 479 g/mol. The second-order valence-corrected chi connectivity index (χ2v) is 10.9. The van der Waals surface area contributed by atoms with E-state index in [4.69, 9.17) is 0 Å². The van der Waals surface area contributed by atoms with Gasteiger partial charge in [-0.2, -0.15) is 13.9 Å². The van der Waals surface area contributed by atoms with E-state index in [9.17, 15) is 22.0 Å². The minimum absolute atomic E-state index is 0.00510. The van der Waals surface area contributed by atoms with Crippen molar-refractivity contribution >= 4 is 26.8 Å². The Hall–Kier alpha value is -3.08. The van der Waals surface area contributed by atoms with Gasteiger partial charge in [0.05, 0.1) is 28.1 Å². The Labute approximate surface area is 189 Å². The van der Waals surface area contributed by atoms with Gasteiger partial charge in [-0.1, -0.05) is 12.1 Å². The monoisotopic (exact) mass is 478 g/mol. The number of fused-ring (bicyclic) bond motifs is 1. The summed E-state index contributed by atoms with van der Waals surface area (Å²) in [4.78, 5) is 17.3. The maximum atomic E-state index is 12.9. The third kappa shape index (κ3) is 4.82. The van der Waals surface area contributed by atoms with Gasteiger partial charge in [0.25, 0.3) is 5.91 Å². The molecule has 8 nitrogen and oxygen atoms in total. The number of hydrogen-bond acceptors (Lipinski definition) is 6. The summed E-state index contributed by atoms with van der Waals surface area (Å²) in [5, 5.41) is 7.45. The van der Waals surface area contributed by atoms with E-state index in [0.717, 1.165) is 0 Å². The zero-order valence-corrected chi connectivity index (χ0v) is 19.2. The van der Waals surface area contributed by atoms with Crippen molar-refractivity contribution in [2.45, 2.75) is 45.4 Å². The molecule has 1 aliphatic heterocycles. The van der Waals surface area contributed by atoms with Crippen LogP contribution >= 0.6 is 0 Å². The lowest BCUT2D eigenvalue weighted by Crippen LogP contribution is -2.46. The van der Waals surface area contributed by atoms with Crippen LogP contribution in [0.15, 0.2) is 36.5 Å². The molecule has 0 aliphatic carbocycles. The topological polar surface area (TPSA) is 103 Å². The van der Waals surface area contributed by atoms with Crippen LogP contribution < -0.4 is 10.1 Å². The van der Waals surface area contributed by atoms with Crippen LogP contribution in [0.3, 0.4) is 0 Å². The number of hydrogen-bond donors (Lipinski definition) is 1. The third-order valence-corrected chi connectivity index (χ3v) is 7.45. The number of nitrogens with one attached hydrogen (secondary N) is 1. The Balaban J connectivity index is 1.71. The number of carbonyl (C=O) groups is 1. The molecule has 0 saturated carbocycles. The van der Waals surface area contributed by atoms with Crippen LogP contribution in [0.4, 0.5) is 8.78 Å². The number of alkyl halides is 2. The molecule has 1 fully saturated rings. The Morgan fingerprint density at radius 1 is 1.27 bits per heavy atom. The van der Waals surface area contributed by atoms with E-state index < -0.39 is 27.9 Å². The number of amides is 1. The predicted molar refractivity (Wildman–Crippen MR) is 119 cm³/mol. The fourth-order valence-electron chi connectivity index (χ4n) is 4.01. The first kappa shape index (κ1) is 23.1. The minimum Gasteiger partial charge on any atom is -0.435 e. The zero-order valence-electron chi connectivity index (χ0n) is 18.4. The molecule has 1 aliphatic rings. The molecule has 1 amide bonds. The van der Waals surface area contributed by atoms with Crippen LogP contribution in [0, 0.1) is 0 Å². The highest BCUT2D eigenvalue weighted by atomic mass is 32.2. The molecule has 0 radical (unpaired) electrons. The van der Waals surface area contributed by atoms with E-state index >= 15 is 0 Å². The number of carbonyl (C=O) groups excluding carboxylic acids is 1. The number of rotatable bonds is 6. The van der Waals surface area contributed by atoms with E-state index in [-0.39, 0.29) is 28.9 Å². The molecule has 2 aromatic heterocycles. The van der Waals surface area contributed by atoms with Crippen molar-refractivity contribution in [2.24, 2.45) is 0 Å². The van der Waals surface area contributed by atoms with Crippen LogP contribution in [0.1, 0.15) is 43.6 Å². The maximum absolute atomic E-state index is 12.9. The molecule has 1 aromatic carbocycles. The average Bonchev–Trinajstić information content (AvgIpc) is 3.24. The van der Waals surface area contributed by atoms with Gasteiger partial charge in [-0.25, -0.2) is 8.42 Å². The van der Waals surface area contributed by atoms with Crippen molar-refractivity contribution in [3.8, 4) is 17.0 Å². The normalized spacial score (nSPS) is 20.0. The quantitative estimate of drug-likeness (QED) is 0.581. The molecule has 3 heterocycles. The maximum Gasteiger partial charge on any atom is 0.387 e. The smallest absolute Gasteiger partial charge is 0.387 e. The summed E-state index contributed by atoms with van der Waals surface area (Å²) >= 11 is 0. The second-order valence-electron chi connectivity index (χ2n) is 8.74. The van der Waals surface area contributed by atoms with Crippen molar-refractivity contribution in [1.82, 2.24) is 20.1 Å². The summed E-state index contributed by atoms with van der Waals surface area (Å²) in [6.45, 7) is 2.61. The first-order chi connectivity index (χ1) is 15.5. The number of nitrogens with zero attached hydrogens (tertiary/aromatic N) is 3. The fourth-order valence-corrected chi connectivity index (χ4v) is 6.10. The van der Waals surface area contributed by atoms with E-state index in [1.807, 2.05) is 13.8 Å². The third-order valence-electron chi connectivity index (χ3n) is 5.55. The summed E-state index contributed by atoms with van der Waals surface area (Å²) in [6, 6.07) is 7.78. The summed E-state index contributed by atoms with van der Waals surface area (Å²) in [6.07, 6.45) is 1.75. The number of aromatic nitrogens is 3. The van der Waals surface area contributed by atoms with E-state index in [0.29, 0.717) is 28.7 Å². The Morgan fingerprint density at radius 2 is 2.03 bits per heavy atom. The molecule has 176 valence electrons. The molecule has 1 saturated heterocycles. The highest BCUT2D eigenvalue weighted by Gasteiger charge is 2.39. The second kappa shape index (κ2) is 8.36. The van der Waals surface area contributed by atoms with Gasteiger partial charge in [0, 0.05) is 17.8 Å². The molecule has 3 aromatic rings. The largest absolute Gasteiger partial charge is 0.435 e. The van der Waals surface area contributed by atoms with Gasteiger partial charge >= 0.3 is 6.61 Å². The van der Waals surface area contributed by atoms with E-state index in [1.165, 1.54) is 18.3 Å². The molecule has 4 rings (SSSR count). The summed E-state index contributed by atoms with van der Waals surface area (Å²) in [5.41, 5.74) is 1.56. The van der Waals surface area contributed by atoms with Crippen LogP contribution in [-0.2, 0) is 9.84 Å².